The lowest BCUT2D eigenvalue weighted by atomic mass is 9.93. The van der Waals surface area contributed by atoms with Gasteiger partial charge in [0, 0.05) is 27.9 Å². The van der Waals surface area contributed by atoms with Crippen LogP contribution in [0.15, 0.2) is 188 Å². The van der Waals surface area contributed by atoms with Crippen LogP contribution >= 0.6 is 0 Å². The van der Waals surface area contributed by atoms with Gasteiger partial charge in [-0.1, -0.05) is 146 Å². The molecule has 0 atom stereocenters. The van der Waals surface area contributed by atoms with Crippen molar-refractivity contribution in [3.63, 3.8) is 0 Å². The van der Waals surface area contributed by atoms with Crippen LogP contribution in [0, 0.1) is 6.92 Å². The fourth-order valence-corrected chi connectivity index (χ4v) is 6.81. The average Bonchev–Trinajstić information content (AvgIpc) is 3.24. The van der Waals surface area contributed by atoms with E-state index in [1.165, 1.54) is 10.8 Å². The standard InChI is InChI=1S/C49H34N4/c1-33-12-10-21-46(50-33)42-20-11-19-40(29-42)35-22-24-36(25-23-35)43-30-44(41-27-26-34-13-8-9-18-39(34)28-41)32-45(31-43)49-52-47(37-14-4-2-5-15-37)51-48(53-49)38-16-6-3-7-17-38/h2-32H,1H3. The molecule has 0 radical (unpaired) electrons. The Bertz CT molecular complexity index is 2660. The van der Waals surface area contributed by atoms with E-state index >= 15 is 0 Å². The summed E-state index contributed by atoms with van der Waals surface area (Å²) in [5.41, 5.74) is 12.6. The number of rotatable bonds is 7. The molecule has 0 aliphatic carbocycles. The smallest absolute Gasteiger partial charge is 0.164 e. The first-order valence-corrected chi connectivity index (χ1v) is 17.8. The van der Waals surface area contributed by atoms with Crippen molar-refractivity contribution in [1.82, 2.24) is 19.9 Å². The molecule has 2 aromatic heterocycles. The van der Waals surface area contributed by atoms with E-state index in [4.69, 9.17) is 19.9 Å². The van der Waals surface area contributed by atoms with Gasteiger partial charge in [-0.3, -0.25) is 4.98 Å². The Morgan fingerprint density at radius 1 is 0.264 bits per heavy atom. The second kappa shape index (κ2) is 13.9. The number of pyridine rings is 1. The monoisotopic (exact) mass is 678 g/mol. The molecule has 4 heteroatoms. The number of hydrogen-bond acceptors (Lipinski definition) is 4. The van der Waals surface area contributed by atoms with E-state index in [1.807, 2.05) is 73.7 Å². The zero-order valence-corrected chi connectivity index (χ0v) is 29.2. The van der Waals surface area contributed by atoms with Gasteiger partial charge in [0.1, 0.15) is 0 Å². The highest BCUT2D eigenvalue weighted by Gasteiger charge is 2.15. The Kier molecular flexibility index (Phi) is 8.39. The van der Waals surface area contributed by atoms with E-state index in [0.717, 1.165) is 67.0 Å². The fourth-order valence-electron chi connectivity index (χ4n) is 6.81. The van der Waals surface area contributed by atoms with Crippen molar-refractivity contribution in [2.45, 2.75) is 6.92 Å². The normalized spacial score (nSPS) is 11.1. The molecular formula is C49H34N4. The third kappa shape index (κ3) is 6.74. The number of hydrogen-bond donors (Lipinski definition) is 0. The molecular weight excluding hydrogens is 645 g/mol. The average molecular weight is 679 g/mol. The molecule has 0 fully saturated rings. The van der Waals surface area contributed by atoms with Crippen molar-refractivity contribution in [3.8, 4) is 78.8 Å². The minimum Gasteiger partial charge on any atom is -0.253 e. The molecule has 9 rings (SSSR count). The summed E-state index contributed by atoms with van der Waals surface area (Å²) in [5.74, 6) is 1.90. The van der Waals surface area contributed by atoms with Crippen LogP contribution in [0.5, 0.6) is 0 Å². The van der Waals surface area contributed by atoms with Gasteiger partial charge < -0.3 is 0 Å². The molecule has 0 saturated heterocycles. The molecule has 0 spiro atoms. The van der Waals surface area contributed by atoms with Crippen LogP contribution in [0.3, 0.4) is 0 Å². The van der Waals surface area contributed by atoms with Gasteiger partial charge in [0.15, 0.2) is 17.5 Å². The largest absolute Gasteiger partial charge is 0.253 e. The molecule has 0 amide bonds. The topological polar surface area (TPSA) is 51.6 Å². The first kappa shape index (κ1) is 31.9. The minimum atomic E-state index is 0.625. The van der Waals surface area contributed by atoms with Crippen molar-refractivity contribution >= 4 is 10.8 Å². The molecule has 9 aromatic rings. The van der Waals surface area contributed by atoms with Gasteiger partial charge >= 0.3 is 0 Å². The zero-order valence-electron chi connectivity index (χ0n) is 29.2. The number of aromatic nitrogens is 4. The molecule has 0 N–H and O–H groups in total. The SMILES string of the molecule is Cc1cccc(-c2cccc(-c3ccc(-c4cc(-c5ccc6ccccc6c5)cc(-c5nc(-c6ccccc6)nc(-c6ccccc6)n5)c4)cc3)c2)n1. The van der Waals surface area contributed by atoms with Crippen molar-refractivity contribution in [2.75, 3.05) is 0 Å². The lowest BCUT2D eigenvalue weighted by molar-refractivity contribution is 1.07. The third-order valence-electron chi connectivity index (χ3n) is 9.57. The van der Waals surface area contributed by atoms with Crippen LogP contribution < -0.4 is 0 Å². The maximum Gasteiger partial charge on any atom is 0.164 e. The summed E-state index contributed by atoms with van der Waals surface area (Å²) >= 11 is 0. The molecule has 0 aliphatic heterocycles. The van der Waals surface area contributed by atoms with E-state index in [1.54, 1.807) is 0 Å². The van der Waals surface area contributed by atoms with Crippen molar-refractivity contribution < 1.29 is 0 Å². The Morgan fingerprint density at radius 2 is 0.717 bits per heavy atom. The highest BCUT2D eigenvalue weighted by atomic mass is 15.0. The van der Waals surface area contributed by atoms with Gasteiger partial charge in [0.25, 0.3) is 0 Å². The van der Waals surface area contributed by atoms with Crippen LogP contribution in [-0.2, 0) is 0 Å². The molecule has 0 bridgehead atoms. The number of fused-ring (bicyclic) bond motifs is 1. The lowest BCUT2D eigenvalue weighted by Crippen LogP contribution is -2.00. The quantitative estimate of drug-likeness (QED) is 0.168. The summed E-state index contributed by atoms with van der Waals surface area (Å²) in [5, 5.41) is 2.41. The van der Waals surface area contributed by atoms with Crippen LogP contribution in [0.2, 0.25) is 0 Å². The predicted octanol–water partition coefficient (Wildman–Crippen LogP) is 12.4. The molecule has 0 aliphatic rings. The van der Waals surface area contributed by atoms with Gasteiger partial charge in [-0.15, -0.1) is 0 Å². The zero-order chi connectivity index (χ0) is 35.6. The maximum absolute atomic E-state index is 5.08. The summed E-state index contributed by atoms with van der Waals surface area (Å²) < 4.78 is 0. The van der Waals surface area contributed by atoms with Crippen LogP contribution in [-0.4, -0.2) is 19.9 Å². The molecule has 250 valence electrons. The number of aryl methyl sites for hydroxylation is 1. The predicted molar refractivity (Wildman–Crippen MR) is 218 cm³/mol. The summed E-state index contributed by atoms with van der Waals surface area (Å²) in [6.45, 7) is 2.03. The first-order chi connectivity index (χ1) is 26.1. The summed E-state index contributed by atoms with van der Waals surface area (Å²) in [4.78, 5) is 19.9. The molecule has 4 nitrogen and oxygen atoms in total. The molecule has 53 heavy (non-hydrogen) atoms. The Balaban J connectivity index is 1.17. The molecule has 7 aromatic carbocycles. The van der Waals surface area contributed by atoms with Gasteiger partial charge in [-0.25, -0.2) is 15.0 Å². The van der Waals surface area contributed by atoms with Gasteiger partial charge in [-0.2, -0.15) is 0 Å². The lowest BCUT2D eigenvalue weighted by Gasteiger charge is -2.13. The van der Waals surface area contributed by atoms with Crippen LogP contribution in [0.25, 0.3) is 89.6 Å². The van der Waals surface area contributed by atoms with E-state index in [9.17, 15) is 0 Å². The Morgan fingerprint density at radius 3 is 1.38 bits per heavy atom. The van der Waals surface area contributed by atoms with E-state index in [0.29, 0.717) is 17.5 Å². The molecule has 0 unspecified atom stereocenters. The van der Waals surface area contributed by atoms with Crippen molar-refractivity contribution in [2.24, 2.45) is 0 Å². The van der Waals surface area contributed by atoms with E-state index in [-0.39, 0.29) is 0 Å². The maximum atomic E-state index is 5.08. The Labute approximate surface area is 309 Å². The number of nitrogens with zero attached hydrogens (tertiary/aromatic N) is 4. The van der Waals surface area contributed by atoms with Gasteiger partial charge in [-0.05, 0) is 93.5 Å². The van der Waals surface area contributed by atoms with Crippen LogP contribution in [0.4, 0.5) is 0 Å². The number of benzene rings is 7. The summed E-state index contributed by atoms with van der Waals surface area (Å²) in [7, 11) is 0. The molecule has 0 saturated carbocycles. The van der Waals surface area contributed by atoms with Crippen molar-refractivity contribution in [3.05, 3.63) is 194 Å². The van der Waals surface area contributed by atoms with Crippen molar-refractivity contribution in [1.29, 1.82) is 0 Å². The Hall–Kier alpha value is -7.04. The van der Waals surface area contributed by atoms with E-state index in [2.05, 4.69) is 121 Å². The minimum absolute atomic E-state index is 0.625. The van der Waals surface area contributed by atoms with Gasteiger partial charge in [0.05, 0.1) is 5.69 Å². The first-order valence-electron chi connectivity index (χ1n) is 17.8. The highest BCUT2D eigenvalue weighted by molar-refractivity contribution is 5.89. The van der Waals surface area contributed by atoms with Gasteiger partial charge in [0.2, 0.25) is 0 Å². The fraction of sp³-hybridized carbons (Fsp3) is 0.0204. The third-order valence-corrected chi connectivity index (χ3v) is 9.57. The second-order valence-electron chi connectivity index (χ2n) is 13.2. The van der Waals surface area contributed by atoms with Crippen LogP contribution in [0.1, 0.15) is 5.69 Å². The second-order valence-corrected chi connectivity index (χ2v) is 13.2. The highest BCUT2D eigenvalue weighted by Crippen LogP contribution is 2.35. The summed E-state index contributed by atoms with van der Waals surface area (Å²) in [6, 6.07) is 65.6. The molecule has 2 heterocycles. The summed E-state index contributed by atoms with van der Waals surface area (Å²) in [6.07, 6.45) is 0. The van der Waals surface area contributed by atoms with E-state index < -0.39 is 0 Å².